The van der Waals surface area contributed by atoms with E-state index < -0.39 is 41.5 Å². The van der Waals surface area contributed by atoms with Crippen LogP contribution in [0.25, 0.3) is 10.4 Å². The van der Waals surface area contributed by atoms with Gasteiger partial charge in [-0.15, -0.1) is 0 Å². The monoisotopic (exact) mass is 514 g/mol. The Morgan fingerprint density at radius 1 is 1.16 bits per heavy atom. The highest BCUT2D eigenvalue weighted by atomic mass is 16.7. The van der Waals surface area contributed by atoms with Crippen LogP contribution < -0.4 is 0 Å². The summed E-state index contributed by atoms with van der Waals surface area (Å²) in [6.45, 7) is 13.6. The lowest BCUT2D eigenvalue weighted by Crippen LogP contribution is -2.57. The minimum atomic E-state index is -1.57. The zero-order chi connectivity index (χ0) is 27.5. The van der Waals surface area contributed by atoms with Crippen LogP contribution in [0, 0.1) is 5.92 Å². The molecule has 0 N–H and O–H groups in total. The van der Waals surface area contributed by atoms with Crippen LogP contribution in [0.5, 0.6) is 0 Å². The van der Waals surface area contributed by atoms with Crippen molar-refractivity contribution in [2.45, 2.75) is 96.6 Å². The van der Waals surface area contributed by atoms with E-state index in [0.29, 0.717) is 19.3 Å². The molecule has 0 radical (unpaired) electrons. The maximum absolute atomic E-state index is 13.4. The molecule has 11 heteroatoms. The van der Waals surface area contributed by atoms with Gasteiger partial charge in [-0.2, -0.15) is 0 Å². The molecule has 2 atom stereocenters. The molecule has 2 heterocycles. The largest absolute Gasteiger partial charge is 0.460 e. The van der Waals surface area contributed by atoms with Gasteiger partial charge < -0.3 is 23.7 Å². The van der Waals surface area contributed by atoms with Crippen molar-refractivity contribution >= 4 is 19.2 Å². The first-order chi connectivity index (χ1) is 17.2. The third-order valence-electron chi connectivity index (χ3n) is 7.15. The summed E-state index contributed by atoms with van der Waals surface area (Å²) in [5.74, 6) is -0.835. The second-order valence-corrected chi connectivity index (χ2v) is 12.0. The lowest BCUT2D eigenvalue weighted by Gasteiger charge is -2.42. The smallest absolute Gasteiger partial charge is 0.457 e. The zero-order valence-corrected chi connectivity index (χ0v) is 23.0. The molecule has 10 nitrogen and oxygen atoms in total. The highest BCUT2D eigenvalue weighted by molar-refractivity contribution is 6.45. The Morgan fingerprint density at radius 2 is 1.78 bits per heavy atom. The number of hydrogen-bond donors (Lipinski definition) is 0. The van der Waals surface area contributed by atoms with Crippen molar-refractivity contribution in [2.75, 3.05) is 13.1 Å². The fourth-order valence-corrected chi connectivity index (χ4v) is 4.62. The number of likely N-dealkylation sites (tertiary alicyclic amines) is 1. The summed E-state index contributed by atoms with van der Waals surface area (Å²) in [6, 6.07) is 9.26. The molecular formula is C26H39BN4O6. The first-order valence-electron chi connectivity index (χ1n) is 12.8. The number of piperidine rings is 1. The predicted molar refractivity (Wildman–Crippen MR) is 140 cm³/mol. The molecule has 0 aliphatic carbocycles. The Balaban J connectivity index is 1.80. The molecular weight excluding hydrogens is 475 g/mol. The maximum atomic E-state index is 13.4. The Hall–Kier alpha value is -2.75. The second kappa shape index (κ2) is 10.9. The molecule has 37 heavy (non-hydrogen) atoms. The Bertz CT molecular complexity index is 1010. The number of carbonyl (C=O) groups is 2. The number of azide groups is 1. The molecule has 2 fully saturated rings. The van der Waals surface area contributed by atoms with E-state index in [9.17, 15) is 15.1 Å². The van der Waals surface area contributed by atoms with Crippen molar-refractivity contribution in [1.82, 2.24) is 4.90 Å². The van der Waals surface area contributed by atoms with Gasteiger partial charge in [0.2, 0.25) is 0 Å². The quantitative estimate of drug-likeness (QED) is 0.155. The maximum Gasteiger partial charge on any atom is 0.457 e. The van der Waals surface area contributed by atoms with Crippen LogP contribution in [-0.2, 0) is 30.2 Å². The first-order valence-corrected chi connectivity index (χ1v) is 12.8. The molecule has 2 saturated heterocycles. The fraction of sp³-hybridized carbons (Fsp3) is 0.692. The van der Waals surface area contributed by atoms with Crippen LogP contribution in [0.4, 0.5) is 4.79 Å². The van der Waals surface area contributed by atoms with Gasteiger partial charge in [-0.3, -0.25) is 4.79 Å². The Morgan fingerprint density at radius 3 is 2.35 bits per heavy atom. The number of benzene rings is 1. The van der Waals surface area contributed by atoms with Gasteiger partial charge in [0.05, 0.1) is 11.2 Å². The summed E-state index contributed by atoms with van der Waals surface area (Å²) in [4.78, 5) is 30.9. The van der Waals surface area contributed by atoms with E-state index in [1.54, 1.807) is 20.8 Å². The molecule has 1 aromatic carbocycles. The first kappa shape index (κ1) is 28.8. The van der Waals surface area contributed by atoms with E-state index in [4.69, 9.17) is 18.8 Å². The normalized spacial score (nSPS) is 24.8. The summed E-state index contributed by atoms with van der Waals surface area (Å²) < 4.78 is 23.4. The number of carbonyl (C=O) groups excluding carboxylic acids is 2. The molecule has 202 valence electrons. The lowest BCUT2D eigenvalue weighted by molar-refractivity contribution is -0.154. The van der Waals surface area contributed by atoms with Crippen LogP contribution in [0.2, 0.25) is 6.32 Å². The predicted octanol–water partition coefficient (Wildman–Crippen LogP) is 5.52. The van der Waals surface area contributed by atoms with Crippen molar-refractivity contribution in [1.29, 1.82) is 0 Å². The molecule has 0 bridgehead atoms. The van der Waals surface area contributed by atoms with Crippen LogP contribution in [0.15, 0.2) is 35.4 Å². The Kier molecular flexibility index (Phi) is 8.52. The molecule has 2 aliphatic rings. The lowest BCUT2D eigenvalue weighted by atomic mass is 9.74. The van der Waals surface area contributed by atoms with Crippen LogP contribution >= 0.6 is 0 Å². The summed E-state index contributed by atoms with van der Waals surface area (Å²) in [5, 5.41) is 3.93. The van der Waals surface area contributed by atoms with E-state index in [-0.39, 0.29) is 25.5 Å². The van der Waals surface area contributed by atoms with E-state index in [1.807, 2.05) is 58.0 Å². The van der Waals surface area contributed by atoms with E-state index in [1.165, 1.54) is 4.90 Å². The summed E-state index contributed by atoms with van der Waals surface area (Å²) in [6.07, 6.45) is 0.820. The zero-order valence-electron chi connectivity index (χ0n) is 23.0. The van der Waals surface area contributed by atoms with E-state index in [0.717, 1.165) is 5.56 Å². The molecule has 0 aromatic heterocycles. The third-order valence-corrected chi connectivity index (χ3v) is 7.15. The SMILES string of the molecule is CC(C)(C)OC(=O)N1C[C@H](CCB2OC(C)(C)C(C)(C)O2)C[C@](N=[N+]=[N-])(C(=O)OCc2ccccc2)C1. The minimum Gasteiger partial charge on any atom is -0.460 e. The second-order valence-electron chi connectivity index (χ2n) is 12.0. The van der Waals surface area contributed by atoms with Gasteiger partial charge in [0, 0.05) is 18.0 Å². The number of ether oxygens (including phenoxy) is 2. The van der Waals surface area contributed by atoms with E-state index >= 15 is 0 Å². The van der Waals surface area contributed by atoms with Gasteiger partial charge in [-0.1, -0.05) is 41.9 Å². The number of esters is 1. The average Bonchev–Trinajstić information content (AvgIpc) is 3.01. The van der Waals surface area contributed by atoms with Gasteiger partial charge in [-0.25, -0.2) is 4.79 Å². The molecule has 1 aromatic rings. The highest BCUT2D eigenvalue weighted by Gasteiger charge is 2.52. The molecule has 0 unspecified atom stereocenters. The van der Waals surface area contributed by atoms with Crippen LogP contribution in [0.3, 0.4) is 0 Å². The van der Waals surface area contributed by atoms with Gasteiger partial charge in [0.1, 0.15) is 12.2 Å². The third kappa shape index (κ3) is 7.18. The minimum absolute atomic E-state index is 0.0351. The Labute approximate surface area is 219 Å². The van der Waals surface area contributed by atoms with Crippen LogP contribution in [0.1, 0.15) is 66.9 Å². The molecule has 3 rings (SSSR count). The standard InChI is InChI=1S/C26H39BN4O6/c1-23(2,3)35-22(33)31-16-20(13-14-27-36-24(4,5)25(6,7)37-27)15-26(18-31,29-30-28)21(32)34-17-19-11-9-8-10-12-19/h8-12,20H,13-18H2,1-7H3/t20-,26-/m1/s1. The van der Waals surface area contributed by atoms with Gasteiger partial charge in [0.25, 0.3) is 0 Å². The fourth-order valence-electron chi connectivity index (χ4n) is 4.62. The van der Waals surface area contributed by atoms with Gasteiger partial charge in [-0.05, 0) is 78.2 Å². The highest BCUT2D eigenvalue weighted by Crippen LogP contribution is 2.40. The van der Waals surface area contributed by atoms with Crippen molar-refractivity contribution in [2.24, 2.45) is 11.0 Å². The number of nitrogens with zero attached hydrogens (tertiary/aromatic N) is 4. The number of hydrogen-bond acceptors (Lipinski definition) is 7. The molecule has 1 amide bonds. The van der Waals surface area contributed by atoms with Crippen molar-refractivity contribution in [3.8, 4) is 0 Å². The summed E-state index contributed by atoms with van der Waals surface area (Å²) >= 11 is 0. The molecule has 2 aliphatic heterocycles. The molecule has 0 spiro atoms. The summed E-state index contributed by atoms with van der Waals surface area (Å²) in [7, 11) is -0.416. The topological polar surface area (TPSA) is 123 Å². The average molecular weight is 514 g/mol. The van der Waals surface area contributed by atoms with Gasteiger partial charge in [0.15, 0.2) is 5.54 Å². The number of amides is 1. The van der Waals surface area contributed by atoms with Crippen molar-refractivity contribution < 1.29 is 28.4 Å². The molecule has 0 saturated carbocycles. The van der Waals surface area contributed by atoms with Crippen molar-refractivity contribution in [3.05, 3.63) is 46.3 Å². The number of rotatable bonds is 7. The summed E-state index contributed by atoms with van der Waals surface area (Å²) in [5.41, 5.74) is 7.02. The van der Waals surface area contributed by atoms with Crippen molar-refractivity contribution in [3.63, 3.8) is 0 Å². The van der Waals surface area contributed by atoms with Gasteiger partial charge >= 0.3 is 19.2 Å². The van der Waals surface area contributed by atoms with Crippen LogP contribution in [-0.4, -0.2) is 59.5 Å². The van der Waals surface area contributed by atoms with E-state index in [2.05, 4.69) is 10.0 Å².